The van der Waals surface area contributed by atoms with Crippen molar-refractivity contribution in [3.8, 4) is 0 Å². The highest BCUT2D eigenvalue weighted by Gasteiger charge is 2.51. The molecule has 0 aliphatic carbocycles. The van der Waals surface area contributed by atoms with Crippen LogP contribution in [0.2, 0.25) is 0 Å². The van der Waals surface area contributed by atoms with Crippen molar-refractivity contribution in [2.24, 2.45) is 5.73 Å². The molecule has 2 amide bonds. The largest absolute Gasteiger partial charge is 0.477 e. The van der Waals surface area contributed by atoms with Crippen molar-refractivity contribution in [2.75, 3.05) is 17.2 Å². The molecule has 0 aromatic heterocycles. The number of rotatable bonds is 3. The number of thioether (sulfide) groups is 1. The smallest absolute Gasteiger partial charge is 0.352 e. The molecule has 8 heteroatoms. The van der Waals surface area contributed by atoms with E-state index in [-0.39, 0.29) is 22.9 Å². The maximum Gasteiger partial charge on any atom is 0.352 e. The summed E-state index contributed by atoms with van der Waals surface area (Å²) in [5.74, 6) is -1.29. The number of β-lactam (4-membered cyclic amide) rings is 1. The Balaban J connectivity index is 1.66. The van der Waals surface area contributed by atoms with Gasteiger partial charge in [-0.15, -0.1) is 11.8 Å². The summed E-state index contributed by atoms with van der Waals surface area (Å²) in [7, 11) is 0. The van der Waals surface area contributed by atoms with Gasteiger partial charge in [0.05, 0.1) is 0 Å². The molecule has 3 N–H and O–H groups in total. The molecule has 1 aromatic carbocycles. The summed E-state index contributed by atoms with van der Waals surface area (Å²) in [5, 5.41) is 9.24. The van der Waals surface area contributed by atoms with Crippen LogP contribution in [0.25, 0.3) is 0 Å². The summed E-state index contributed by atoms with van der Waals surface area (Å²) in [6, 6.07) is 8.69. The van der Waals surface area contributed by atoms with Crippen molar-refractivity contribution in [1.29, 1.82) is 0 Å². The van der Waals surface area contributed by atoms with Gasteiger partial charge in [-0.1, -0.05) is 18.2 Å². The van der Waals surface area contributed by atoms with Crippen LogP contribution in [0.3, 0.4) is 0 Å². The standard InChI is InChI=1S/C18H17N3O4S/c19-13-16(23)21-14(18(24)25)11(9-26-17(13)21)8-10-6-7-20(15(10)22)12-4-2-1-3-5-12/h1-5,8,13,17H,6-7,9,19H2,(H,24,25)/t13-,17-/m1/s1. The summed E-state index contributed by atoms with van der Waals surface area (Å²) in [6.45, 7) is 0.549. The Kier molecular flexibility index (Phi) is 4.08. The average molecular weight is 371 g/mol. The predicted molar refractivity (Wildman–Crippen MR) is 97.2 cm³/mol. The lowest BCUT2D eigenvalue weighted by atomic mass is 10.0. The zero-order chi connectivity index (χ0) is 18.4. The highest BCUT2D eigenvalue weighted by molar-refractivity contribution is 8.00. The highest BCUT2D eigenvalue weighted by atomic mass is 32.2. The fourth-order valence-corrected chi connectivity index (χ4v) is 4.72. The average Bonchev–Trinajstić information content (AvgIpc) is 3.01. The highest BCUT2D eigenvalue weighted by Crippen LogP contribution is 2.40. The zero-order valence-corrected chi connectivity index (χ0v) is 14.6. The van der Waals surface area contributed by atoms with E-state index in [9.17, 15) is 19.5 Å². The van der Waals surface area contributed by atoms with Gasteiger partial charge in [0.1, 0.15) is 17.1 Å². The molecule has 0 spiro atoms. The Bertz CT molecular complexity index is 864. The summed E-state index contributed by atoms with van der Waals surface area (Å²) in [5.41, 5.74) is 7.55. The molecule has 3 aliphatic rings. The molecule has 134 valence electrons. The summed E-state index contributed by atoms with van der Waals surface area (Å²) >= 11 is 1.43. The molecule has 2 fully saturated rings. The molecule has 3 heterocycles. The molecule has 1 aromatic rings. The quantitative estimate of drug-likeness (QED) is 0.605. The number of fused-ring (bicyclic) bond motifs is 1. The fourth-order valence-electron chi connectivity index (χ4n) is 3.46. The second kappa shape index (κ2) is 6.30. The van der Waals surface area contributed by atoms with E-state index in [4.69, 9.17) is 5.73 Å². The minimum absolute atomic E-state index is 0.0566. The third-order valence-electron chi connectivity index (χ3n) is 4.78. The lowest BCUT2D eigenvalue weighted by Crippen LogP contribution is -2.68. The van der Waals surface area contributed by atoms with Crippen LogP contribution in [0.4, 0.5) is 5.69 Å². The van der Waals surface area contributed by atoms with E-state index in [2.05, 4.69) is 0 Å². The molecule has 0 bridgehead atoms. The van der Waals surface area contributed by atoms with E-state index < -0.39 is 12.0 Å². The number of aliphatic carboxylic acids is 1. The molecule has 0 unspecified atom stereocenters. The molecule has 7 nitrogen and oxygen atoms in total. The minimum atomic E-state index is -1.17. The third kappa shape index (κ3) is 2.53. The van der Waals surface area contributed by atoms with Crippen molar-refractivity contribution in [1.82, 2.24) is 4.90 Å². The molecule has 26 heavy (non-hydrogen) atoms. The van der Waals surface area contributed by atoms with Crippen LogP contribution in [0.1, 0.15) is 6.42 Å². The number of amides is 2. The predicted octanol–water partition coefficient (Wildman–Crippen LogP) is 0.931. The number of carbonyl (C=O) groups excluding carboxylic acids is 2. The number of hydrogen-bond acceptors (Lipinski definition) is 5. The summed E-state index contributed by atoms with van der Waals surface area (Å²) in [4.78, 5) is 39.3. The van der Waals surface area contributed by atoms with Gasteiger partial charge >= 0.3 is 5.97 Å². The number of para-hydroxylation sites is 1. The summed E-state index contributed by atoms with van der Waals surface area (Å²) in [6.07, 6.45) is 2.17. The number of carboxylic acid groups (broad SMARTS) is 1. The second-order valence-electron chi connectivity index (χ2n) is 6.33. The first-order valence-corrected chi connectivity index (χ1v) is 9.28. The van der Waals surface area contributed by atoms with E-state index in [1.807, 2.05) is 30.3 Å². The Morgan fingerprint density at radius 1 is 1.27 bits per heavy atom. The van der Waals surface area contributed by atoms with E-state index in [1.165, 1.54) is 16.7 Å². The number of carbonyl (C=O) groups is 3. The Morgan fingerprint density at radius 2 is 2.00 bits per heavy atom. The Morgan fingerprint density at radius 3 is 2.69 bits per heavy atom. The number of anilines is 1. The molecule has 2 atom stereocenters. The van der Waals surface area contributed by atoms with Gasteiger partial charge < -0.3 is 15.7 Å². The number of nitrogens with two attached hydrogens (primary N) is 1. The first-order chi connectivity index (χ1) is 12.5. The van der Waals surface area contributed by atoms with Crippen LogP contribution in [-0.2, 0) is 14.4 Å². The van der Waals surface area contributed by atoms with Crippen molar-refractivity contribution in [3.63, 3.8) is 0 Å². The van der Waals surface area contributed by atoms with Gasteiger partial charge in [0.15, 0.2) is 0 Å². The Hall–Kier alpha value is -2.58. The monoisotopic (exact) mass is 371 g/mol. The molecular weight excluding hydrogens is 354 g/mol. The van der Waals surface area contributed by atoms with Crippen LogP contribution < -0.4 is 10.6 Å². The van der Waals surface area contributed by atoms with Crippen LogP contribution in [0, 0.1) is 0 Å². The SMILES string of the molecule is N[C@@H]1C(=O)N2C(C(=O)O)=C(C=C3CCN(c4ccccc4)C3=O)CS[C@H]12. The van der Waals surface area contributed by atoms with E-state index in [0.717, 1.165) is 5.69 Å². The maximum atomic E-state index is 12.7. The van der Waals surface area contributed by atoms with E-state index in [1.54, 1.807) is 11.0 Å². The van der Waals surface area contributed by atoms with Crippen molar-refractivity contribution < 1.29 is 19.5 Å². The molecular formula is C18H17N3O4S. The lowest BCUT2D eigenvalue weighted by Gasteiger charge is -2.47. The molecule has 0 radical (unpaired) electrons. The molecule has 4 rings (SSSR count). The van der Waals surface area contributed by atoms with Crippen LogP contribution in [0.15, 0.2) is 53.3 Å². The van der Waals surface area contributed by atoms with Gasteiger partial charge in [0.2, 0.25) is 5.91 Å². The number of nitrogens with zero attached hydrogens (tertiary/aromatic N) is 2. The first-order valence-electron chi connectivity index (χ1n) is 8.23. The van der Waals surface area contributed by atoms with Crippen LogP contribution >= 0.6 is 11.8 Å². The van der Waals surface area contributed by atoms with Gasteiger partial charge in [-0.3, -0.25) is 14.5 Å². The molecule has 0 saturated carbocycles. The van der Waals surface area contributed by atoms with Gasteiger partial charge in [0.25, 0.3) is 5.91 Å². The first kappa shape index (κ1) is 16.9. The normalized spacial score (nSPS) is 27.0. The maximum absolute atomic E-state index is 12.7. The number of benzene rings is 1. The van der Waals surface area contributed by atoms with Gasteiger partial charge in [-0.25, -0.2) is 4.79 Å². The fraction of sp³-hybridized carbons (Fsp3) is 0.278. The number of hydrogen-bond donors (Lipinski definition) is 2. The van der Waals surface area contributed by atoms with Crippen LogP contribution in [-0.4, -0.2) is 51.5 Å². The van der Waals surface area contributed by atoms with Crippen molar-refractivity contribution in [2.45, 2.75) is 17.8 Å². The van der Waals surface area contributed by atoms with Crippen molar-refractivity contribution in [3.05, 3.63) is 53.3 Å². The molecule has 3 aliphatic heterocycles. The van der Waals surface area contributed by atoms with Gasteiger partial charge in [0, 0.05) is 23.6 Å². The number of allylic oxidation sites excluding steroid dienone is 1. The van der Waals surface area contributed by atoms with E-state index >= 15 is 0 Å². The van der Waals surface area contributed by atoms with Crippen LogP contribution in [0.5, 0.6) is 0 Å². The topological polar surface area (TPSA) is 104 Å². The van der Waals surface area contributed by atoms with Gasteiger partial charge in [-0.05, 0) is 30.2 Å². The number of carboxylic acids is 1. The molecule has 2 saturated heterocycles. The second-order valence-corrected chi connectivity index (χ2v) is 7.43. The lowest BCUT2D eigenvalue weighted by molar-refractivity contribution is -0.147. The van der Waals surface area contributed by atoms with Crippen molar-refractivity contribution >= 4 is 35.2 Å². The minimum Gasteiger partial charge on any atom is -0.477 e. The summed E-state index contributed by atoms with van der Waals surface area (Å²) < 4.78 is 0. The van der Waals surface area contributed by atoms with Gasteiger partial charge in [-0.2, -0.15) is 0 Å². The van der Waals surface area contributed by atoms with E-state index in [0.29, 0.717) is 29.9 Å². The Labute approximate surface area is 154 Å². The zero-order valence-electron chi connectivity index (χ0n) is 13.8. The third-order valence-corrected chi connectivity index (χ3v) is 6.11.